The Bertz CT molecular complexity index is 1000. The molecule has 0 fully saturated rings. The fourth-order valence-electron chi connectivity index (χ4n) is 3.88. The summed E-state index contributed by atoms with van der Waals surface area (Å²) in [5, 5.41) is 5.06. The van der Waals surface area contributed by atoms with Crippen LogP contribution >= 0.6 is 7.26 Å². The standard InChI is InChI=1S/C27H24O2P.ClH/c1-2-29-27(28)22-18-20-26(21-19-22)30(23-12-6-3-7-13-23,24-14-8-4-9-15-24)25-16-10-5-11-17-25;/h3-21H,2H2,1H3;1H/q+1;/p-1. The third kappa shape index (κ3) is 4.42. The first-order valence-electron chi connectivity index (χ1n) is 10.1. The summed E-state index contributed by atoms with van der Waals surface area (Å²) in [4.78, 5) is 12.2. The Kier molecular flexibility index (Phi) is 7.63. The highest BCUT2D eigenvalue weighted by atomic mass is 35.5. The molecule has 0 atom stereocenters. The summed E-state index contributed by atoms with van der Waals surface area (Å²) in [6.45, 7) is 2.19. The minimum absolute atomic E-state index is 0. The Labute approximate surface area is 190 Å². The zero-order valence-electron chi connectivity index (χ0n) is 17.3. The normalized spacial score (nSPS) is 10.7. The van der Waals surface area contributed by atoms with Gasteiger partial charge in [-0.05, 0) is 67.6 Å². The van der Waals surface area contributed by atoms with Crippen LogP contribution in [0.3, 0.4) is 0 Å². The Morgan fingerprint density at radius 2 is 0.968 bits per heavy atom. The molecule has 156 valence electrons. The lowest BCUT2D eigenvalue weighted by Gasteiger charge is -2.27. The van der Waals surface area contributed by atoms with Crippen LogP contribution in [0.2, 0.25) is 0 Å². The second kappa shape index (κ2) is 10.4. The van der Waals surface area contributed by atoms with Crippen LogP contribution in [0.15, 0.2) is 115 Å². The van der Waals surface area contributed by atoms with Gasteiger partial charge in [0, 0.05) is 0 Å². The van der Waals surface area contributed by atoms with E-state index in [1.54, 1.807) is 0 Å². The first-order chi connectivity index (χ1) is 14.8. The molecule has 0 aromatic heterocycles. The zero-order chi connectivity index (χ0) is 20.8. The number of hydrogen-bond donors (Lipinski definition) is 0. The Balaban J connectivity index is 0.00000272. The maximum absolute atomic E-state index is 12.2. The van der Waals surface area contributed by atoms with Gasteiger partial charge < -0.3 is 17.1 Å². The first kappa shape index (κ1) is 22.7. The molecule has 4 aromatic carbocycles. The number of hydrogen-bond acceptors (Lipinski definition) is 2. The van der Waals surface area contributed by atoms with Gasteiger partial charge in [-0.25, -0.2) is 4.79 Å². The highest BCUT2D eigenvalue weighted by Gasteiger charge is 2.47. The summed E-state index contributed by atoms with van der Waals surface area (Å²) in [5.41, 5.74) is 0.577. The van der Waals surface area contributed by atoms with Gasteiger partial charge in [-0.2, -0.15) is 0 Å². The SMILES string of the molecule is CCOC(=O)c1ccc([P+](c2ccccc2)(c2ccccc2)c2ccccc2)cc1.[Cl-]. The Morgan fingerprint density at radius 3 is 1.32 bits per heavy atom. The third-order valence-corrected chi connectivity index (χ3v) is 9.49. The predicted octanol–water partition coefficient (Wildman–Crippen LogP) is 1.49. The van der Waals surface area contributed by atoms with Crippen LogP contribution < -0.4 is 33.6 Å². The second-order valence-electron chi connectivity index (χ2n) is 6.94. The maximum Gasteiger partial charge on any atom is 0.338 e. The monoisotopic (exact) mass is 446 g/mol. The molecule has 2 nitrogen and oxygen atoms in total. The van der Waals surface area contributed by atoms with E-state index in [0.29, 0.717) is 12.2 Å². The van der Waals surface area contributed by atoms with Crippen molar-refractivity contribution in [2.75, 3.05) is 6.61 Å². The molecule has 0 spiro atoms. The molecule has 0 unspecified atom stereocenters. The number of esters is 1. The lowest BCUT2D eigenvalue weighted by Crippen LogP contribution is -3.00. The number of rotatable bonds is 6. The molecule has 0 bridgehead atoms. The average molecular weight is 447 g/mol. The van der Waals surface area contributed by atoms with Crippen molar-refractivity contribution in [3.8, 4) is 0 Å². The van der Waals surface area contributed by atoms with Gasteiger partial charge in [-0.15, -0.1) is 0 Å². The van der Waals surface area contributed by atoms with Crippen LogP contribution in [0.1, 0.15) is 17.3 Å². The predicted molar refractivity (Wildman–Crippen MR) is 127 cm³/mol. The average Bonchev–Trinajstić information content (AvgIpc) is 2.82. The van der Waals surface area contributed by atoms with Crippen LogP contribution in [-0.2, 0) is 4.74 Å². The molecule has 0 radical (unpaired) electrons. The van der Waals surface area contributed by atoms with Crippen LogP contribution in [0, 0.1) is 0 Å². The number of carbonyl (C=O) groups is 1. The largest absolute Gasteiger partial charge is 1.00 e. The molecule has 0 amide bonds. The van der Waals surface area contributed by atoms with Crippen molar-refractivity contribution >= 4 is 34.4 Å². The van der Waals surface area contributed by atoms with Gasteiger partial charge in [-0.3, -0.25) is 0 Å². The van der Waals surface area contributed by atoms with E-state index >= 15 is 0 Å². The van der Waals surface area contributed by atoms with Gasteiger partial charge >= 0.3 is 5.97 Å². The summed E-state index contributed by atoms with van der Waals surface area (Å²) in [6.07, 6.45) is 0. The molecule has 4 heteroatoms. The lowest BCUT2D eigenvalue weighted by molar-refractivity contribution is -0.0000237. The van der Waals surface area contributed by atoms with Crippen LogP contribution in [0.25, 0.3) is 0 Å². The number of carbonyl (C=O) groups excluding carboxylic acids is 1. The van der Waals surface area contributed by atoms with E-state index in [9.17, 15) is 4.79 Å². The summed E-state index contributed by atoms with van der Waals surface area (Å²) in [7, 11) is -2.12. The van der Waals surface area contributed by atoms with Crippen LogP contribution in [-0.4, -0.2) is 12.6 Å². The van der Waals surface area contributed by atoms with Crippen molar-refractivity contribution in [2.45, 2.75) is 6.92 Å². The summed E-state index contributed by atoms with van der Waals surface area (Å²) >= 11 is 0. The zero-order valence-corrected chi connectivity index (χ0v) is 19.0. The van der Waals surface area contributed by atoms with E-state index in [2.05, 4.69) is 103 Å². The number of halogens is 1. The number of ether oxygens (including phenoxy) is 1. The molecule has 0 saturated carbocycles. The van der Waals surface area contributed by atoms with Crippen molar-refractivity contribution in [2.24, 2.45) is 0 Å². The van der Waals surface area contributed by atoms with Gasteiger partial charge in [0.05, 0.1) is 12.2 Å². The minimum Gasteiger partial charge on any atom is -1.00 e. The molecule has 0 aliphatic carbocycles. The molecule has 31 heavy (non-hydrogen) atoms. The minimum atomic E-state index is -2.12. The Morgan fingerprint density at radius 1 is 0.613 bits per heavy atom. The van der Waals surface area contributed by atoms with Crippen molar-refractivity contribution in [1.29, 1.82) is 0 Å². The van der Waals surface area contributed by atoms with Gasteiger partial charge in [0.15, 0.2) is 0 Å². The third-order valence-electron chi connectivity index (χ3n) is 5.20. The van der Waals surface area contributed by atoms with E-state index in [4.69, 9.17) is 4.74 Å². The summed E-state index contributed by atoms with van der Waals surface area (Å²) in [6, 6.07) is 40.0. The molecule has 0 aliphatic rings. The van der Waals surface area contributed by atoms with Crippen molar-refractivity contribution in [3.63, 3.8) is 0 Å². The smallest absolute Gasteiger partial charge is 0.338 e. The molecule has 0 saturated heterocycles. The fraction of sp³-hybridized carbons (Fsp3) is 0.0741. The van der Waals surface area contributed by atoms with Crippen molar-refractivity contribution < 1.29 is 21.9 Å². The second-order valence-corrected chi connectivity index (χ2v) is 10.4. The maximum atomic E-state index is 12.2. The molecule has 4 aromatic rings. The van der Waals surface area contributed by atoms with E-state index in [0.717, 1.165) is 0 Å². The van der Waals surface area contributed by atoms with E-state index in [1.807, 2.05) is 19.1 Å². The summed E-state index contributed by atoms with van der Waals surface area (Å²) in [5.74, 6) is -0.285. The lowest BCUT2D eigenvalue weighted by atomic mass is 10.2. The van der Waals surface area contributed by atoms with Gasteiger partial charge in [0.1, 0.15) is 28.5 Å². The highest BCUT2D eigenvalue weighted by Crippen LogP contribution is 2.54. The number of benzene rings is 4. The summed E-state index contributed by atoms with van der Waals surface area (Å²) < 4.78 is 5.18. The van der Waals surface area contributed by atoms with Gasteiger partial charge in [0.25, 0.3) is 0 Å². The molecular formula is C27H24ClO2P. The molecule has 0 heterocycles. The van der Waals surface area contributed by atoms with Crippen LogP contribution in [0.5, 0.6) is 0 Å². The van der Waals surface area contributed by atoms with Crippen LogP contribution in [0.4, 0.5) is 0 Å². The van der Waals surface area contributed by atoms with Crippen molar-refractivity contribution in [1.82, 2.24) is 0 Å². The highest BCUT2D eigenvalue weighted by molar-refractivity contribution is 8.01. The molecular weight excluding hydrogens is 423 g/mol. The molecule has 0 aliphatic heterocycles. The fourth-order valence-corrected chi connectivity index (χ4v) is 8.13. The molecule has 0 N–H and O–H groups in total. The van der Waals surface area contributed by atoms with Gasteiger partial charge in [0.2, 0.25) is 0 Å². The molecule has 4 rings (SSSR count). The van der Waals surface area contributed by atoms with E-state index in [-0.39, 0.29) is 18.4 Å². The first-order valence-corrected chi connectivity index (χ1v) is 11.9. The quantitative estimate of drug-likeness (QED) is 0.331. The van der Waals surface area contributed by atoms with E-state index in [1.165, 1.54) is 21.2 Å². The van der Waals surface area contributed by atoms with E-state index < -0.39 is 7.26 Å². The topological polar surface area (TPSA) is 26.3 Å². The van der Waals surface area contributed by atoms with Crippen molar-refractivity contribution in [3.05, 3.63) is 121 Å². The van der Waals surface area contributed by atoms with Gasteiger partial charge in [-0.1, -0.05) is 54.6 Å². The Hall–Kier alpha value is -2.93.